The van der Waals surface area contributed by atoms with Crippen molar-refractivity contribution in [3.63, 3.8) is 0 Å². The van der Waals surface area contributed by atoms with Crippen LogP contribution in [0.3, 0.4) is 0 Å². The first-order valence-corrected chi connectivity index (χ1v) is 9.15. The van der Waals surface area contributed by atoms with Gasteiger partial charge in [0.05, 0.1) is 5.01 Å². The molecule has 0 fully saturated rings. The van der Waals surface area contributed by atoms with Crippen LogP contribution in [0.1, 0.15) is 43.5 Å². The molecule has 0 saturated carbocycles. The fraction of sp³-hybridized carbons (Fsp3) is 0.750. The van der Waals surface area contributed by atoms with Crippen molar-refractivity contribution in [2.24, 2.45) is 4.99 Å². The minimum Gasteiger partial charge on any atom is -0.382 e. The summed E-state index contributed by atoms with van der Waals surface area (Å²) in [6.45, 7) is 10.5. The monoisotopic (exact) mass is 326 g/mol. The van der Waals surface area contributed by atoms with Crippen molar-refractivity contribution in [3.05, 3.63) is 16.1 Å². The molecule has 0 radical (unpaired) electrons. The first kappa shape index (κ1) is 18.9. The van der Waals surface area contributed by atoms with Gasteiger partial charge in [-0.15, -0.1) is 11.3 Å². The average molecular weight is 327 g/mol. The Kier molecular flexibility index (Phi) is 10.7. The summed E-state index contributed by atoms with van der Waals surface area (Å²) in [6, 6.07) is 0. The summed E-state index contributed by atoms with van der Waals surface area (Å²) in [4.78, 5) is 10.4. The Morgan fingerprint density at radius 1 is 1.27 bits per heavy atom. The predicted octanol–water partition coefficient (Wildman–Crippen LogP) is 2.62. The number of thiazole rings is 1. The highest BCUT2D eigenvalue weighted by Crippen LogP contribution is 2.13. The normalized spacial score (nSPS) is 11.7. The molecule has 1 heterocycles. The zero-order valence-corrected chi connectivity index (χ0v) is 15.0. The van der Waals surface area contributed by atoms with Crippen LogP contribution in [-0.4, -0.2) is 43.8 Å². The first-order chi connectivity index (χ1) is 10.8. The maximum Gasteiger partial charge on any atom is 0.191 e. The van der Waals surface area contributed by atoms with Gasteiger partial charge in [0.25, 0.3) is 0 Å². The second-order valence-corrected chi connectivity index (χ2v) is 6.12. The summed E-state index contributed by atoms with van der Waals surface area (Å²) in [6.07, 6.45) is 6.12. The number of aliphatic imine (C=N–C) groups is 1. The third-order valence-electron chi connectivity index (χ3n) is 3.10. The molecular weight excluding hydrogens is 296 g/mol. The summed E-state index contributed by atoms with van der Waals surface area (Å²) < 4.78 is 5.33. The van der Waals surface area contributed by atoms with Crippen molar-refractivity contribution < 1.29 is 4.74 Å². The lowest BCUT2D eigenvalue weighted by Crippen LogP contribution is -2.38. The second-order valence-electron chi connectivity index (χ2n) is 4.92. The minimum atomic E-state index is 0.796. The molecular formula is C16H30N4OS. The number of aryl methyl sites for hydroxylation is 1. The van der Waals surface area contributed by atoms with E-state index in [0.29, 0.717) is 0 Å². The zero-order valence-electron chi connectivity index (χ0n) is 14.2. The maximum absolute atomic E-state index is 5.33. The highest BCUT2D eigenvalue weighted by Gasteiger charge is 2.01. The molecule has 0 spiro atoms. The van der Waals surface area contributed by atoms with Crippen LogP contribution in [0.4, 0.5) is 0 Å². The fourth-order valence-electron chi connectivity index (χ4n) is 1.91. The molecule has 0 atom stereocenters. The van der Waals surface area contributed by atoms with E-state index in [1.807, 2.05) is 13.1 Å². The second kappa shape index (κ2) is 12.4. The van der Waals surface area contributed by atoms with Gasteiger partial charge in [-0.1, -0.05) is 6.92 Å². The number of unbranched alkanes of at least 4 members (excludes halogenated alkanes) is 1. The van der Waals surface area contributed by atoms with Gasteiger partial charge in [0.15, 0.2) is 5.96 Å². The molecule has 22 heavy (non-hydrogen) atoms. The van der Waals surface area contributed by atoms with Crippen LogP contribution in [0, 0.1) is 0 Å². The number of hydrogen-bond donors (Lipinski definition) is 2. The lowest BCUT2D eigenvalue weighted by molar-refractivity contribution is 0.144. The van der Waals surface area contributed by atoms with Gasteiger partial charge < -0.3 is 15.4 Å². The fourth-order valence-corrected chi connectivity index (χ4v) is 2.77. The number of nitrogens with zero attached hydrogens (tertiary/aromatic N) is 2. The molecule has 1 aromatic rings. The van der Waals surface area contributed by atoms with Crippen molar-refractivity contribution in [1.29, 1.82) is 0 Å². The van der Waals surface area contributed by atoms with E-state index in [0.717, 1.165) is 64.5 Å². The highest BCUT2D eigenvalue weighted by molar-refractivity contribution is 7.11. The van der Waals surface area contributed by atoms with Crippen molar-refractivity contribution in [2.75, 3.05) is 32.8 Å². The van der Waals surface area contributed by atoms with Gasteiger partial charge in [0, 0.05) is 50.3 Å². The van der Waals surface area contributed by atoms with E-state index in [1.54, 1.807) is 11.3 Å². The van der Waals surface area contributed by atoms with Gasteiger partial charge in [0.1, 0.15) is 0 Å². The summed E-state index contributed by atoms with van der Waals surface area (Å²) in [5, 5.41) is 7.84. The number of aromatic nitrogens is 1. The number of hydrogen-bond acceptors (Lipinski definition) is 4. The summed E-state index contributed by atoms with van der Waals surface area (Å²) in [5.74, 6) is 0.895. The Labute approximate surface area is 138 Å². The lowest BCUT2D eigenvalue weighted by atomic mass is 10.3. The molecule has 6 heteroatoms. The van der Waals surface area contributed by atoms with Crippen LogP contribution in [0.2, 0.25) is 0 Å². The SMILES string of the molecule is CCNC(=NCCCCOCC)NCCc1ncc(CC)s1. The van der Waals surface area contributed by atoms with E-state index in [2.05, 4.69) is 34.5 Å². The van der Waals surface area contributed by atoms with Crippen LogP contribution in [0.15, 0.2) is 11.2 Å². The van der Waals surface area contributed by atoms with Crippen LogP contribution in [0.5, 0.6) is 0 Å². The van der Waals surface area contributed by atoms with Crippen molar-refractivity contribution in [3.8, 4) is 0 Å². The number of rotatable bonds is 11. The molecule has 0 aliphatic carbocycles. The van der Waals surface area contributed by atoms with Crippen molar-refractivity contribution >= 4 is 17.3 Å². The molecule has 1 rings (SSSR count). The molecule has 126 valence electrons. The van der Waals surface area contributed by atoms with Crippen LogP contribution in [-0.2, 0) is 17.6 Å². The van der Waals surface area contributed by atoms with E-state index in [-0.39, 0.29) is 0 Å². The van der Waals surface area contributed by atoms with E-state index in [9.17, 15) is 0 Å². The number of ether oxygens (including phenoxy) is 1. The number of guanidine groups is 1. The van der Waals surface area contributed by atoms with Crippen molar-refractivity contribution in [2.45, 2.75) is 46.5 Å². The first-order valence-electron chi connectivity index (χ1n) is 8.33. The van der Waals surface area contributed by atoms with Crippen molar-refractivity contribution in [1.82, 2.24) is 15.6 Å². The van der Waals surface area contributed by atoms with Gasteiger partial charge >= 0.3 is 0 Å². The Balaban J connectivity index is 2.24. The van der Waals surface area contributed by atoms with Crippen LogP contribution >= 0.6 is 11.3 Å². The van der Waals surface area contributed by atoms with Gasteiger partial charge in [-0.3, -0.25) is 4.99 Å². The van der Waals surface area contributed by atoms with Crippen LogP contribution < -0.4 is 10.6 Å². The Hall–Kier alpha value is -1.14. The van der Waals surface area contributed by atoms with E-state index in [4.69, 9.17) is 4.74 Å². The molecule has 1 aromatic heterocycles. The predicted molar refractivity (Wildman–Crippen MR) is 94.9 cm³/mol. The summed E-state index contributed by atoms with van der Waals surface area (Å²) >= 11 is 1.80. The third kappa shape index (κ3) is 8.34. The largest absolute Gasteiger partial charge is 0.382 e. The van der Waals surface area contributed by atoms with Gasteiger partial charge in [0.2, 0.25) is 0 Å². The van der Waals surface area contributed by atoms with Gasteiger partial charge in [-0.2, -0.15) is 0 Å². The molecule has 0 saturated heterocycles. The van der Waals surface area contributed by atoms with E-state index < -0.39 is 0 Å². The number of nitrogens with one attached hydrogen (secondary N) is 2. The highest BCUT2D eigenvalue weighted by atomic mass is 32.1. The van der Waals surface area contributed by atoms with Gasteiger partial charge in [-0.25, -0.2) is 4.98 Å². The molecule has 5 nitrogen and oxygen atoms in total. The molecule has 2 N–H and O–H groups in total. The minimum absolute atomic E-state index is 0.796. The molecule has 0 aliphatic heterocycles. The Morgan fingerprint density at radius 3 is 2.82 bits per heavy atom. The standard InChI is InChI=1S/C16H30N4OS/c1-4-14-13-20-15(22-14)9-11-19-16(17-5-2)18-10-7-8-12-21-6-3/h13H,4-12H2,1-3H3,(H2,17,18,19). The maximum atomic E-state index is 5.33. The summed E-state index contributed by atoms with van der Waals surface area (Å²) in [7, 11) is 0. The van der Waals surface area contributed by atoms with E-state index in [1.165, 1.54) is 9.88 Å². The Bertz CT molecular complexity index is 420. The topological polar surface area (TPSA) is 58.5 Å². The zero-order chi connectivity index (χ0) is 16.0. The molecule has 0 unspecified atom stereocenters. The third-order valence-corrected chi connectivity index (χ3v) is 4.30. The molecule has 0 bridgehead atoms. The summed E-state index contributed by atoms with van der Waals surface area (Å²) in [5.41, 5.74) is 0. The van der Waals surface area contributed by atoms with Crippen LogP contribution in [0.25, 0.3) is 0 Å². The Morgan fingerprint density at radius 2 is 2.14 bits per heavy atom. The van der Waals surface area contributed by atoms with Gasteiger partial charge in [-0.05, 0) is 33.1 Å². The molecule has 0 aromatic carbocycles. The smallest absolute Gasteiger partial charge is 0.191 e. The molecule has 0 aliphatic rings. The lowest BCUT2D eigenvalue weighted by Gasteiger charge is -2.10. The molecule has 0 amide bonds. The quantitative estimate of drug-likeness (QED) is 0.373. The average Bonchev–Trinajstić information content (AvgIpc) is 2.98. The van der Waals surface area contributed by atoms with E-state index >= 15 is 0 Å².